The summed E-state index contributed by atoms with van der Waals surface area (Å²) in [5, 5.41) is 12.0. The second kappa shape index (κ2) is 9.34. The molecule has 0 radical (unpaired) electrons. The number of nitrogens with one attached hydrogen (secondary N) is 4. The summed E-state index contributed by atoms with van der Waals surface area (Å²) in [6, 6.07) is 25.0. The SMILES string of the molecule is CC(Nc1ccc(NC(=O)c2ccc(NC(=O)NC3CC3)cc2)cc1)c1ccccc1. The largest absolute Gasteiger partial charge is 0.379 e. The maximum absolute atomic E-state index is 12.5. The molecular weight excluding hydrogens is 388 g/mol. The van der Waals surface area contributed by atoms with Crippen molar-refractivity contribution in [1.29, 1.82) is 0 Å². The summed E-state index contributed by atoms with van der Waals surface area (Å²) in [5.41, 5.74) is 4.08. The number of hydrogen-bond acceptors (Lipinski definition) is 3. The van der Waals surface area contributed by atoms with E-state index in [2.05, 4.69) is 40.3 Å². The third-order valence-electron chi connectivity index (χ3n) is 5.14. The minimum atomic E-state index is -0.213. The topological polar surface area (TPSA) is 82.3 Å². The Hall–Kier alpha value is -3.80. The average molecular weight is 415 g/mol. The number of benzene rings is 3. The molecule has 4 N–H and O–H groups in total. The summed E-state index contributed by atoms with van der Waals surface area (Å²) in [6.07, 6.45) is 2.07. The first-order valence-electron chi connectivity index (χ1n) is 10.5. The molecule has 158 valence electrons. The molecule has 0 bridgehead atoms. The highest BCUT2D eigenvalue weighted by atomic mass is 16.2. The Kier molecular flexibility index (Phi) is 6.17. The third-order valence-corrected chi connectivity index (χ3v) is 5.14. The number of carbonyl (C=O) groups is 2. The van der Waals surface area contributed by atoms with Gasteiger partial charge in [-0.15, -0.1) is 0 Å². The molecule has 1 fully saturated rings. The second-order valence-corrected chi connectivity index (χ2v) is 7.76. The summed E-state index contributed by atoms with van der Waals surface area (Å²) in [4.78, 5) is 24.3. The molecule has 0 aromatic heterocycles. The molecule has 3 aromatic carbocycles. The number of hydrogen-bond donors (Lipinski definition) is 4. The van der Waals surface area contributed by atoms with Crippen LogP contribution in [0.5, 0.6) is 0 Å². The molecule has 31 heavy (non-hydrogen) atoms. The Balaban J connectivity index is 1.30. The van der Waals surface area contributed by atoms with E-state index < -0.39 is 0 Å². The maximum Gasteiger partial charge on any atom is 0.319 e. The van der Waals surface area contributed by atoms with Crippen LogP contribution in [0, 0.1) is 0 Å². The van der Waals surface area contributed by atoms with Gasteiger partial charge < -0.3 is 21.3 Å². The van der Waals surface area contributed by atoms with Crippen LogP contribution in [0.2, 0.25) is 0 Å². The van der Waals surface area contributed by atoms with Crippen LogP contribution >= 0.6 is 0 Å². The number of rotatable bonds is 7. The smallest absolute Gasteiger partial charge is 0.319 e. The van der Waals surface area contributed by atoms with Gasteiger partial charge >= 0.3 is 6.03 Å². The van der Waals surface area contributed by atoms with E-state index in [1.54, 1.807) is 24.3 Å². The zero-order valence-corrected chi connectivity index (χ0v) is 17.4. The highest BCUT2D eigenvalue weighted by molar-refractivity contribution is 6.04. The summed E-state index contributed by atoms with van der Waals surface area (Å²) in [5.74, 6) is -0.202. The molecule has 3 amide bonds. The van der Waals surface area contributed by atoms with E-state index in [1.807, 2.05) is 42.5 Å². The Morgan fingerprint density at radius 3 is 2.00 bits per heavy atom. The summed E-state index contributed by atoms with van der Waals surface area (Å²) in [7, 11) is 0. The first-order chi connectivity index (χ1) is 15.1. The lowest BCUT2D eigenvalue weighted by molar-refractivity contribution is 0.102. The van der Waals surface area contributed by atoms with Gasteiger partial charge in [0.1, 0.15) is 0 Å². The van der Waals surface area contributed by atoms with Crippen molar-refractivity contribution in [3.05, 3.63) is 90.0 Å². The fourth-order valence-electron chi connectivity index (χ4n) is 3.21. The number of urea groups is 1. The molecule has 1 unspecified atom stereocenters. The van der Waals surface area contributed by atoms with Crippen LogP contribution in [0.1, 0.15) is 41.7 Å². The Bertz CT molecular complexity index is 1030. The van der Waals surface area contributed by atoms with Crippen molar-refractivity contribution < 1.29 is 9.59 Å². The molecule has 1 aliphatic rings. The Labute approximate surface area is 182 Å². The molecule has 1 aliphatic carbocycles. The van der Waals surface area contributed by atoms with Crippen molar-refractivity contribution in [2.24, 2.45) is 0 Å². The van der Waals surface area contributed by atoms with Gasteiger partial charge in [0.2, 0.25) is 0 Å². The van der Waals surface area contributed by atoms with Crippen molar-refractivity contribution in [3.63, 3.8) is 0 Å². The highest BCUT2D eigenvalue weighted by Gasteiger charge is 2.23. The monoisotopic (exact) mass is 414 g/mol. The predicted molar refractivity (Wildman–Crippen MR) is 124 cm³/mol. The van der Waals surface area contributed by atoms with Crippen LogP contribution in [0.4, 0.5) is 21.9 Å². The van der Waals surface area contributed by atoms with E-state index in [4.69, 9.17) is 0 Å². The molecule has 3 aromatic rings. The van der Waals surface area contributed by atoms with E-state index in [0.29, 0.717) is 23.0 Å². The van der Waals surface area contributed by atoms with Gasteiger partial charge in [-0.1, -0.05) is 30.3 Å². The molecular formula is C25H26N4O2. The zero-order valence-electron chi connectivity index (χ0n) is 17.4. The fourth-order valence-corrected chi connectivity index (χ4v) is 3.21. The molecule has 1 saturated carbocycles. The lowest BCUT2D eigenvalue weighted by Crippen LogP contribution is -2.30. The van der Waals surface area contributed by atoms with Crippen LogP contribution in [0.15, 0.2) is 78.9 Å². The molecule has 0 aliphatic heterocycles. The van der Waals surface area contributed by atoms with Gasteiger partial charge in [0.15, 0.2) is 0 Å². The second-order valence-electron chi connectivity index (χ2n) is 7.76. The lowest BCUT2D eigenvalue weighted by Gasteiger charge is -2.16. The molecule has 6 nitrogen and oxygen atoms in total. The highest BCUT2D eigenvalue weighted by Crippen LogP contribution is 2.21. The quantitative estimate of drug-likeness (QED) is 0.418. The third kappa shape index (κ3) is 5.85. The van der Waals surface area contributed by atoms with Gasteiger partial charge in [-0.25, -0.2) is 4.79 Å². The summed E-state index contributed by atoms with van der Waals surface area (Å²) >= 11 is 0. The molecule has 4 rings (SSSR count). The van der Waals surface area contributed by atoms with Crippen LogP contribution in [0.3, 0.4) is 0 Å². The van der Waals surface area contributed by atoms with Crippen LogP contribution in [-0.2, 0) is 0 Å². The van der Waals surface area contributed by atoms with E-state index in [0.717, 1.165) is 18.5 Å². The minimum Gasteiger partial charge on any atom is -0.379 e. The molecule has 0 heterocycles. The van der Waals surface area contributed by atoms with Crippen molar-refractivity contribution in [3.8, 4) is 0 Å². The average Bonchev–Trinajstić information content (AvgIpc) is 3.60. The number of anilines is 3. The summed E-state index contributed by atoms with van der Waals surface area (Å²) in [6.45, 7) is 2.11. The van der Waals surface area contributed by atoms with Crippen molar-refractivity contribution in [2.75, 3.05) is 16.0 Å². The van der Waals surface area contributed by atoms with Gasteiger partial charge in [0.05, 0.1) is 0 Å². The van der Waals surface area contributed by atoms with E-state index in [1.165, 1.54) is 5.56 Å². The van der Waals surface area contributed by atoms with Gasteiger partial charge in [-0.3, -0.25) is 4.79 Å². The van der Waals surface area contributed by atoms with E-state index in [9.17, 15) is 9.59 Å². The maximum atomic E-state index is 12.5. The molecule has 0 spiro atoms. The zero-order chi connectivity index (χ0) is 21.6. The normalized spacial score (nSPS) is 13.7. The van der Waals surface area contributed by atoms with Gasteiger partial charge in [-0.2, -0.15) is 0 Å². The predicted octanol–water partition coefficient (Wildman–Crippen LogP) is 5.40. The standard InChI is InChI=1S/C25H26N4O2/c1-17(18-5-3-2-4-6-18)26-20-11-13-21(14-12-20)27-24(30)19-7-9-22(10-8-19)28-25(31)29-23-15-16-23/h2-14,17,23,26H,15-16H2,1H3,(H,27,30)(H2,28,29,31). The molecule has 6 heteroatoms. The van der Waals surface area contributed by atoms with E-state index >= 15 is 0 Å². The van der Waals surface area contributed by atoms with E-state index in [-0.39, 0.29) is 18.0 Å². The van der Waals surface area contributed by atoms with Crippen molar-refractivity contribution >= 4 is 29.0 Å². The van der Waals surface area contributed by atoms with Crippen molar-refractivity contribution in [1.82, 2.24) is 5.32 Å². The van der Waals surface area contributed by atoms with Crippen LogP contribution < -0.4 is 21.3 Å². The lowest BCUT2D eigenvalue weighted by atomic mass is 10.1. The molecule has 1 atom stereocenters. The van der Waals surface area contributed by atoms with Gasteiger partial charge in [0.25, 0.3) is 5.91 Å². The first-order valence-corrected chi connectivity index (χ1v) is 10.5. The first kappa shape index (κ1) is 20.5. The minimum absolute atomic E-state index is 0.181. The van der Waals surface area contributed by atoms with Gasteiger partial charge in [-0.05, 0) is 73.9 Å². The molecule has 0 saturated heterocycles. The van der Waals surface area contributed by atoms with Crippen LogP contribution in [0.25, 0.3) is 0 Å². The fraction of sp³-hybridized carbons (Fsp3) is 0.200. The number of carbonyl (C=O) groups excluding carboxylic acids is 2. The van der Waals surface area contributed by atoms with Crippen molar-refractivity contribution in [2.45, 2.75) is 31.8 Å². The number of amides is 3. The Morgan fingerprint density at radius 1 is 0.774 bits per heavy atom. The Morgan fingerprint density at radius 2 is 1.35 bits per heavy atom. The van der Waals surface area contributed by atoms with Crippen LogP contribution in [-0.4, -0.2) is 18.0 Å². The van der Waals surface area contributed by atoms with Gasteiger partial charge in [0, 0.05) is 34.7 Å². The summed E-state index contributed by atoms with van der Waals surface area (Å²) < 4.78 is 0.